The Morgan fingerprint density at radius 3 is 2.96 bits per heavy atom. The number of aryl methyl sites for hydroxylation is 1. The van der Waals surface area contributed by atoms with Gasteiger partial charge in [0, 0.05) is 26.2 Å². The van der Waals surface area contributed by atoms with Crippen molar-refractivity contribution in [1.82, 2.24) is 9.62 Å². The Morgan fingerprint density at radius 1 is 1.35 bits per heavy atom. The van der Waals surface area contributed by atoms with Crippen LogP contribution in [0.25, 0.3) is 0 Å². The van der Waals surface area contributed by atoms with E-state index in [9.17, 15) is 12.8 Å². The lowest BCUT2D eigenvalue weighted by molar-refractivity contribution is -0.118. The highest BCUT2D eigenvalue weighted by Gasteiger charge is 2.42. The van der Waals surface area contributed by atoms with E-state index in [-0.39, 0.29) is 18.0 Å². The Kier molecular flexibility index (Phi) is 4.70. The maximum Gasteiger partial charge on any atom is 0.243 e. The molecule has 2 fully saturated rings. The summed E-state index contributed by atoms with van der Waals surface area (Å²) < 4.78 is 52.1. The summed E-state index contributed by atoms with van der Waals surface area (Å²) in [6.07, 6.45) is 0. The van der Waals surface area contributed by atoms with Gasteiger partial charge in [-0.05, 0) is 24.6 Å². The zero-order valence-corrected chi connectivity index (χ0v) is 13.9. The monoisotopic (exact) mass is 344 g/mol. The third-order valence-corrected chi connectivity index (χ3v) is 6.07. The fraction of sp³-hybridized carbons (Fsp3) is 0.600. The van der Waals surface area contributed by atoms with Crippen LogP contribution in [-0.4, -0.2) is 64.3 Å². The van der Waals surface area contributed by atoms with Crippen LogP contribution in [0.5, 0.6) is 0 Å². The topological polar surface area (TPSA) is 67.9 Å². The van der Waals surface area contributed by atoms with Gasteiger partial charge in [-0.25, -0.2) is 12.8 Å². The van der Waals surface area contributed by atoms with Crippen LogP contribution in [0, 0.1) is 12.7 Å². The van der Waals surface area contributed by atoms with Gasteiger partial charge < -0.3 is 14.8 Å². The number of nitrogens with zero attached hydrogens (tertiary/aromatic N) is 1. The van der Waals surface area contributed by atoms with E-state index in [2.05, 4.69) is 5.32 Å². The van der Waals surface area contributed by atoms with Crippen molar-refractivity contribution in [3.05, 3.63) is 29.6 Å². The lowest BCUT2D eigenvalue weighted by Gasteiger charge is -2.41. The molecule has 1 N–H and O–H groups in total. The Hall–Kier alpha value is -1.06. The van der Waals surface area contributed by atoms with Gasteiger partial charge in [0.15, 0.2) is 0 Å². The van der Waals surface area contributed by atoms with Crippen LogP contribution in [0.3, 0.4) is 0 Å². The van der Waals surface area contributed by atoms with Gasteiger partial charge in [0.1, 0.15) is 11.4 Å². The SMILES string of the molecule is Cc1ccc(S(=O)(=O)N2CCO[C@]3(CNCCOC3)C2)cc1F. The minimum absolute atomic E-state index is 0.0276. The number of sulfonamides is 1. The summed E-state index contributed by atoms with van der Waals surface area (Å²) in [6.45, 7) is 4.48. The van der Waals surface area contributed by atoms with E-state index in [1.807, 2.05) is 0 Å². The highest BCUT2D eigenvalue weighted by molar-refractivity contribution is 7.89. The number of rotatable bonds is 2. The molecule has 1 aromatic carbocycles. The molecule has 0 bridgehead atoms. The van der Waals surface area contributed by atoms with Gasteiger partial charge in [0.05, 0.1) is 24.7 Å². The number of benzene rings is 1. The summed E-state index contributed by atoms with van der Waals surface area (Å²) >= 11 is 0. The number of halogens is 1. The van der Waals surface area contributed by atoms with Crippen LogP contribution in [0.2, 0.25) is 0 Å². The molecule has 23 heavy (non-hydrogen) atoms. The number of ether oxygens (including phenoxy) is 2. The van der Waals surface area contributed by atoms with Crippen molar-refractivity contribution in [3.8, 4) is 0 Å². The maximum atomic E-state index is 13.7. The molecule has 0 aromatic heterocycles. The zero-order chi connectivity index (χ0) is 16.5. The quantitative estimate of drug-likeness (QED) is 0.847. The number of hydrogen-bond donors (Lipinski definition) is 1. The molecule has 8 heteroatoms. The summed E-state index contributed by atoms with van der Waals surface area (Å²) in [5, 5.41) is 3.20. The average Bonchev–Trinajstić information content (AvgIpc) is 2.75. The van der Waals surface area contributed by atoms with Gasteiger partial charge in [-0.3, -0.25) is 0 Å². The lowest BCUT2D eigenvalue weighted by atomic mass is 10.0. The Labute approximate surface area is 135 Å². The van der Waals surface area contributed by atoms with Crippen LogP contribution in [0.4, 0.5) is 4.39 Å². The second kappa shape index (κ2) is 6.45. The van der Waals surface area contributed by atoms with Crippen LogP contribution >= 0.6 is 0 Å². The van der Waals surface area contributed by atoms with Crippen LogP contribution < -0.4 is 5.32 Å². The molecule has 2 aliphatic heterocycles. The highest BCUT2D eigenvalue weighted by atomic mass is 32.2. The molecule has 0 saturated carbocycles. The second-order valence-electron chi connectivity index (χ2n) is 6.01. The summed E-state index contributed by atoms with van der Waals surface area (Å²) in [5.41, 5.74) is -0.269. The molecule has 2 aliphatic rings. The van der Waals surface area contributed by atoms with Crippen LogP contribution in [0.15, 0.2) is 23.1 Å². The van der Waals surface area contributed by atoms with Gasteiger partial charge in [0.2, 0.25) is 10.0 Å². The van der Waals surface area contributed by atoms with Crippen molar-refractivity contribution in [2.24, 2.45) is 0 Å². The fourth-order valence-electron chi connectivity index (χ4n) is 2.86. The van der Waals surface area contributed by atoms with Crippen molar-refractivity contribution in [2.75, 3.05) is 46.0 Å². The summed E-state index contributed by atoms with van der Waals surface area (Å²) in [6, 6.07) is 4.00. The summed E-state index contributed by atoms with van der Waals surface area (Å²) in [5.74, 6) is -0.520. The zero-order valence-electron chi connectivity index (χ0n) is 13.0. The minimum Gasteiger partial charge on any atom is -0.377 e. The van der Waals surface area contributed by atoms with Crippen molar-refractivity contribution >= 4 is 10.0 Å². The van der Waals surface area contributed by atoms with E-state index in [1.165, 1.54) is 16.4 Å². The normalized spacial score (nSPS) is 27.0. The first-order chi connectivity index (χ1) is 10.9. The first-order valence-corrected chi connectivity index (χ1v) is 9.06. The molecule has 3 rings (SSSR count). The van der Waals surface area contributed by atoms with E-state index in [0.717, 1.165) is 6.07 Å². The van der Waals surface area contributed by atoms with E-state index < -0.39 is 21.4 Å². The van der Waals surface area contributed by atoms with Crippen LogP contribution in [0.1, 0.15) is 5.56 Å². The van der Waals surface area contributed by atoms with Gasteiger partial charge in [0.25, 0.3) is 0 Å². The molecule has 2 heterocycles. The maximum absolute atomic E-state index is 13.7. The van der Waals surface area contributed by atoms with Crippen molar-refractivity contribution in [1.29, 1.82) is 0 Å². The van der Waals surface area contributed by atoms with Gasteiger partial charge in [-0.2, -0.15) is 4.31 Å². The molecule has 6 nitrogen and oxygen atoms in total. The molecule has 1 aromatic rings. The predicted octanol–water partition coefficient (Wildman–Crippen LogP) is 0.514. The molecule has 0 unspecified atom stereocenters. The van der Waals surface area contributed by atoms with Gasteiger partial charge >= 0.3 is 0 Å². The fourth-order valence-corrected chi connectivity index (χ4v) is 4.37. The number of hydrogen-bond acceptors (Lipinski definition) is 5. The molecule has 1 atom stereocenters. The van der Waals surface area contributed by atoms with Gasteiger partial charge in [-0.15, -0.1) is 0 Å². The Balaban J connectivity index is 1.85. The number of nitrogens with one attached hydrogen (secondary N) is 1. The Morgan fingerprint density at radius 2 is 2.17 bits per heavy atom. The largest absolute Gasteiger partial charge is 0.377 e. The van der Waals surface area contributed by atoms with Gasteiger partial charge in [-0.1, -0.05) is 6.07 Å². The molecular weight excluding hydrogens is 323 g/mol. The second-order valence-corrected chi connectivity index (χ2v) is 7.95. The first-order valence-electron chi connectivity index (χ1n) is 7.62. The van der Waals surface area contributed by atoms with Crippen molar-refractivity contribution in [2.45, 2.75) is 17.4 Å². The molecule has 0 amide bonds. The predicted molar refractivity (Wildman–Crippen MR) is 82.3 cm³/mol. The smallest absolute Gasteiger partial charge is 0.243 e. The average molecular weight is 344 g/mol. The minimum atomic E-state index is -3.76. The van der Waals surface area contributed by atoms with Crippen LogP contribution in [-0.2, 0) is 19.5 Å². The van der Waals surface area contributed by atoms with Crippen molar-refractivity contribution in [3.63, 3.8) is 0 Å². The van der Waals surface area contributed by atoms with E-state index in [0.29, 0.717) is 38.5 Å². The molecular formula is C15H21FN2O4S. The summed E-state index contributed by atoms with van der Waals surface area (Å²) in [7, 11) is -3.76. The third kappa shape index (κ3) is 3.41. The molecule has 0 aliphatic carbocycles. The lowest BCUT2D eigenvalue weighted by Crippen LogP contribution is -2.59. The molecule has 1 spiro atoms. The Bertz CT molecular complexity index is 672. The molecule has 0 radical (unpaired) electrons. The standard InChI is InChI=1S/C15H21FN2O4S/c1-12-2-3-13(8-14(12)16)23(19,20)18-5-7-22-15(10-18)9-17-4-6-21-11-15/h2-3,8,17H,4-7,9-11H2,1H3/t15-/m1/s1. The summed E-state index contributed by atoms with van der Waals surface area (Å²) in [4.78, 5) is -0.0276. The highest BCUT2D eigenvalue weighted by Crippen LogP contribution is 2.26. The third-order valence-electron chi connectivity index (χ3n) is 4.23. The number of morpholine rings is 1. The first kappa shape index (κ1) is 16.8. The van der Waals surface area contributed by atoms with E-state index in [1.54, 1.807) is 6.92 Å². The van der Waals surface area contributed by atoms with E-state index in [4.69, 9.17) is 9.47 Å². The molecule has 128 valence electrons. The van der Waals surface area contributed by atoms with E-state index >= 15 is 0 Å². The molecule has 2 saturated heterocycles. The van der Waals surface area contributed by atoms with Crippen molar-refractivity contribution < 1.29 is 22.3 Å².